The largest absolute Gasteiger partial charge is 0.0883 e. The second-order valence-electron chi connectivity index (χ2n) is 9.66. The fourth-order valence-electron chi connectivity index (χ4n) is 5.48. The molecule has 2 aliphatic rings. The standard InChI is InChI=1S/C26H48/c1-3-5-7-11-23-15-19-25(20-16-23)13-9-10-14-26-21-17-24(18-22-26)12-8-6-4-2/h7,11,23-26H,3-6,8-10,12-22H2,1-2H3/b11-7+/t23?,24-,25?,26-. The maximum Gasteiger partial charge on any atom is -0.0233 e. The molecule has 0 unspecified atom stereocenters. The lowest BCUT2D eigenvalue weighted by Crippen LogP contribution is -2.15. The minimum Gasteiger partial charge on any atom is -0.0883 e. The lowest BCUT2D eigenvalue weighted by Gasteiger charge is -2.29. The smallest absolute Gasteiger partial charge is 0.0233 e. The van der Waals surface area contributed by atoms with Gasteiger partial charge in [-0.1, -0.05) is 109 Å². The number of unbranched alkanes of at least 4 members (excludes halogenated alkanes) is 4. The molecule has 2 fully saturated rings. The van der Waals surface area contributed by atoms with Crippen LogP contribution in [0, 0.1) is 23.7 Å². The second-order valence-corrected chi connectivity index (χ2v) is 9.66. The number of hydrogen-bond acceptors (Lipinski definition) is 0. The molecule has 0 aromatic heterocycles. The van der Waals surface area contributed by atoms with Crippen LogP contribution in [0.15, 0.2) is 12.2 Å². The lowest BCUT2D eigenvalue weighted by atomic mass is 9.77. The molecule has 0 saturated heterocycles. The van der Waals surface area contributed by atoms with Crippen molar-refractivity contribution in [3.05, 3.63) is 12.2 Å². The minimum atomic E-state index is 0.908. The Bertz CT molecular complexity index is 339. The molecule has 152 valence electrons. The van der Waals surface area contributed by atoms with E-state index in [1.165, 1.54) is 89.9 Å². The minimum absolute atomic E-state index is 0.908. The van der Waals surface area contributed by atoms with E-state index in [9.17, 15) is 0 Å². The van der Waals surface area contributed by atoms with E-state index in [0.29, 0.717) is 0 Å². The Morgan fingerprint density at radius 3 is 1.50 bits per heavy atom. The molecule has 0 aromatic carbocycles. The normalized spacial score (nSPS) is 30.1. The summed E-state index contributed by atoms with van der Waals surface area (Å²) in [4.78, 5) is 0. The molecule has 0 nitrogen and oxygen atoms in total. The maximum absolute atomic E-state index is 2.53. The van der Waals surface area contributed by atoms with Crippen LogP contribution >= 0.6 is 0 Å². The second kappa shape index (κ2) is 13.8. The molecule has 0 heteroatoms. The summed E-state index contributed by atoms with van der Waals surface area (Å²) in [6, 6.07) is 0. The van der Waals surface area contributed by atoms with Gasteiger partial charge in [0, 0.05) is 0 Å². The molecule has 0 amide bonds. The number of hydrogen-bond donors (Lipinski definition) is 0. The van der Waals surface area contributed by atoms with Gasteiger partial charge < -0.3 is 0 Å². The molecule has 26 heavy (non-hydrogen) atoms. The third-order valence-electron chi connectivity index (χ3n) is 7.41. The van der Waals surface area contributed by atoms with Gasteiger partial charge in [-0.05, 0) is 55.8 Å². The third-order valence-corrected chi connectivity index (χ3v) is 7.41. The van der Waals surface area contributed by atoms with Crippen LogP contribution in [0.3, 0.4) is 0 Å². The highest BCUT2D eigenvalue weighted by atomic mass is 14.3. The Labute approximate surface area is 165 Å². The van der Waals surface area contributed by atoms with E-state index in [2.05, 4.69) is 26.0 Å². The van der Waals surface area contributed by atoms with E-state index < -0.39 is 0 Å². The van der Waals surface area contributed by atoms with Crippen LogP contribution in [0.5, 0.6) is 0 Å². The van der Waals surface area contributed by atoms with Gasteiger partial charge in [0.05, 0.1) is 0 Å². The van der Waals surface area contributed by atoms with E-state index in [1.54, 1.807) is 25.7 Å². The van der Waals surface area contributed by atoms with Gasteiger partial charge in [-0.15, -0.1) is 0 Å². The van der Waals surface area contributed by atoms with Crippen LogP contribution in [0.25, 0.3) is 0 Å². The summed E-state index contributed by atoms with van der Waals surface area (Å²) in [5.41, 5.74) is 0. The zero-order valence-electron chi connectivity index (χ0n) is 18.2. The summed E-state index contributed by atoms with van der Waals surface area (Å²) < 4.78 is 0. The van der Waals surface area contributed by atoms with Crippen LogP contribution in [0.4, 0.5) is 0 Å². The molecule has 2 saturated carbocycles. The van der Waals surface area contributed by atoms with Gasteiger partial charge in [0.2, 0.25) is 0 Å². The van der Waals surface area contributed by atoms with Crippen molar-refractivity contribution in [3.63, 3.8) is 0 Å². The highest BCUT2D eigenvalue weighted by Gasteiger charge is 2.21. The van der Waals surface area contributed by atoms with Crippen molar-refractivity contribution in [3.8, 4) is 0 Å². The zero-order valence-corrected chi connectivity index (χ0v) is 18.2. The predicted molar refractivity (Wildman–Crippen MR) is 118 cm³/mol. The van der Waals surface area contributed by atoms with Crippen molar-refractivity contribution in [2.45, 2.75) is 129 Å². The summed E-state index contributed by atoms with van der Waals surface area (Å²) in [5, 5.41) is 0. The average molecular weight is 361 g/mol. The Morgan fingerprint density at radius 1 is 0.577 bits per heavy atom. The van der Waals surface area contributed by atoms with Crippen LogP contribution in [0.2, 0.25) is 0 Å². The van der Waals surface area contributed by atoms with Crippen LogP contribution in [-0.2, 0) is 0 Å². The lowest BCUT2D eigenvalue weighted by molar-refractivity contribution is 0.239. The van der Waals surface area contributed by atoms with Gasteiger partial charge in [0.15, 0.2) is 0 Å². The quantitative estimate of drug-likeness (QED) is 0.240. The van der Waals surface area contributed by atoms with E-state index >= 15 is 0 Å². The molecule has 0 aromatic rings. The molecule has 0 radical (unpaired) electrons. The van der Waals surface area contributed by atoms with Crippen molar-refractivity contribution in [2.24, 2.45) is 23.7 Å². The van der Waals surface area contributed by atoms with Gasteiger partial charge in [-0.3, -0.25) is 0 Å². The summed E-state index contributed by atoms with van der Waals surface area (Å²) in [6.45, 7) is 4.60. The highest BCUT2D eigenvalue weighted by molar-refractivity contribution is 4.90. The summed E-state index contributed by atoms with van der Waals surface area (Å²) >= 11 is 0. The topological polar surface area (TPSA) is 0 Å². The molecule has 0 aliphatic heterocycles. The van der Waals surface area contributed by atoms with Crippen molar-refractivity contribution in [1.29, 1.82) is 0 Å². The number of rotatable bonds is 12. The molecule has 2 aliphatic carbocycles. The molecule has 2 rings (SSSR count). The van der Waals surface area contributed by atoms with Gasteiger partial charge in [0.25, 0.3) is 0 Å². The third kappa shape index (κ3) is 9.09. The van der Waals surface area contributed by atoms with Gasteiger partial charge in [-0.2, -0.15) is 0 Å². The summed E-state index contributed by atoms with van der Waals surface area (Å²) in [6.07, 6.45) is 31.6. The molecule has 0 atom stereocenters. The van der Waals surface area contributed by atoms with Crippen molar-refractivity contribution in [2.75, 3.05) is 0 Å². The van der Waals surface area contributed by atoms with E-state index in [1.807, 2.05) is 0 Å². The Hall–Kier alpha value is -0.260. The molecule has 0 N–H and O–H groups in total. The van der Waals surface area contributed by atoms with E-state index in [4.69, 9.17) is 0 Å². The first-order chi connectivity index (χ1) is 12.8. The van der Waals surface area contributed by atoms with Crippen LogP contribution in [-0.4, -0.2) is 0 Å². The fraction of sp³-hybridized carbons (Fsp3) is 0.923. The van der Waals surface area contributed by atoms with E-state index in [0.717, 1.165) is 23.7 Å². The Kier molecular flexibility index (Phi) is 11.7. The molecule has 0 bridgehead atoms. The maximum atomic E-state index is 2.53. The Balaban J connectivity index is 1.45. The summed E-state index contributed by atoms with van der Waals surface area (Å²) in [5.74, 6) is 4.13. The molecule has 0 spiro atoms. The average Bonchev–Trinajstić information content (AvgIpc) is 2.68. The first-order valence-electron chi connectivity index (χ1n) is 12.5. The molecular formula is C26H48. The van der Waals surface area contributed by atoms with Gasteiger partial charge in [0.1, 0.15) is 0 Å². The first kappa shape index (κ1) is 22.0. The SMILES string of the molecule is CCC/C=C/C1CCC(CCCC[C@H]2CC[C@H](CCCCC)CC2)CC1. The summed E-state index contributed by atoms with van der Waals surface area (Å²) in [7, 11) is 0. The van der Waals surface area contributed by atoms with Crippen molar-refractivity contribution >= 4 is 0 Å². The number of allylic oxidation sites excluding steroid dienone is 2. The van der Waals surface area contributed by atoms with Gasteiger partial charge in [-0.25, -0.2) is 0 Å². The first-order valence-corrected chi connectivity index (χ1v) is 12.5. The zero-order chi connectivity index (χ0) is 18.5. The van der Waals surface area contributed by atoms with E-state index in [-0.39, 0.29) is 0 Å². The monoisotopic (exact) mass is 360 g/mol. The fourth-order valence-corrected chi connectivity index (χ4v) is 5.48. The highest BCUT2D eigenvalue weighted by Crippen LogP contribution is 2.36. The molecule has 0 heterocycles. The van der Waals surface area contributed by atoms with Crippen molar-refractivity contribution < 1.29 is 0 Å². The van der Waals surface area contributed by atoms with Crippen LogP contribution in [0.1, 0.15) is 129 Å². The Morgan fingerprint density at radius 2 is 1.04 bits per heavy atom. The predicted octanol–water partition coefficient (Wildman–Crippen LogP) is 9.10. The van der Waals surface area contributed by atoms with Crippen LogP contribution < -0.4 is 0 Å². The van der Waals surface area contributed by atoms with Crippen molar-refractivity contribution in [1.82, 2.24) is 0 Å². The molecular weight excluding hydrogens is 312 g/mol. The van der Waals surface area contributed by atoms with Gasteiger partial charge >= 0.3 is 0 Å².